The number of rotatable bonds is 6. The van der Waals surface area contributed by atoms with Gasteiger partial charge in [0, 0.05) is 23.9 Å². The number of carbonyl (C=O) groups is 1. The summed E-state index contributed by atoms with van der Waals surface area (Å²) in [5.41, 5.74) is 5.99. The SMILES string of the molecule is N=C(N)c1cccc(C[C@]2(NS(=O)(=O)c3ccc4nc(Cl)ccc4c3)CCNC2=O)c1. The van der Waals surface area contributed by atoms with Crippen LogP contribution in [-0.2, 0) is 21.2 Å². The molecule has 1 saturated heterocycles. The molecule has 1 aliphatic heterocycles. The van der Waals surface area contributed by atoms with Gasteiger partial charge in [0.2, 0.25) is 15.9 Å². The van der Waals surface area contributed by atoms with Crippen molar-refractivity contribution in [2.24, 2.45) is 5.73 Å². The molecule has 10 heteroatoms. The number of aromatic nitrogens is 1. The van der Waals surface area contributed by atoms with E-state index in [0.717, 1.165) is 0 Å². The van der Waals surface area contributed by atoms with E-state index in [2.05, 4.69) is 15.0 Å². The van der Waals surface area contributed by atoms with Crippen molar-refractivity contribution < 1.29 is 13.2 Å². The Balaban J connectivity index is 1.69. The summed E-state index contributed by atoms with van der Waals surface area (Å²) in [5.74, 6) is -0.490. The Kier molecular flexibility index (Phi) is 5.42. The molecule has 1 atom stereocenters. The Morgan fingerprint density at radius 1 is 1.23 bits per heavy atom. The molecule has 4 rings (SSSR count). The quantitative estimate of drug-likeness (QED) is 0.254. The second-order valence-electron chi connectivity index (χ2n) is 7.47. The Labute approximate surface area is 184 Å². The summed E-state index contributed by atoms with van der Waals surface area (Å²) in [5, 5.41) is 11.3. The summed E-state index contributed by atoms with van der Waals surface area (Å²) in [6, 6.07) is 14.7. The lowest BCUT2D eigenvalue weighted by Gasteiger charge is -2.27. The molecule has 2 aromatic carbocycles. The topological polar surface area (TPSA) is 138 Å². The second kappa shape index (κ2) is 7.92. The molecule has 160 valence electrons. The molecule has 2 heterocycles. The van der Waals surface area contributed by atoms with Gasteiger partial charge in [0.25, 0.3) is 0 Å². The first-order valence-corrected chi connectivity index (χ1v) is 11.4. The number of hydrogen-bond acceptors (Lipinski definition) is 5. The van der Waals surface area contributed by atoms with Crippen LogP contribution >= 0.6 is 11.6 Å². The van der Waals surface area contributed by atoms with Crippen molar-refractivity contribution in [1.29, 1.82) is 5.41 Å². The zero-order valence-corrected chi connectivity index (χ0v) is 17.9. The molecule has 8 nitrogen and oxygen atoms in total. The first-order valence-electron chi connectivity index (χ1n) is 9.50. The van der Waals surface area contributed by atoms with Crippen molar-refractivity contribution in [1.82, 2.24) is 15.0 Å². The number of hydrogen-bond donors (Lipinski definition) is 4. The smallest absolute Gasteiger partial charge is 0.241 e. The molecule has 1 aromatic heterocycles. The molecule has 0 spiro atoms. The first kappa shape index (κ1) is 21.2. The number of nitrogen functional groups attached to an aromatic ring is 1. The van der Waals surface area contributed by atoms with E-state index >= 15 is 0 Å². The van der Waals surface area contributed by atoms with E-state index in [0.29, 0.717) is 40.1 Å². The number of halogens is 1. The Hall–Kier alpha value is -3.01. The summed E-state index contributed by atoms with van der Waals surface area (Å²) in [4.78, 5) is 16.9. The lowest BCUT2D eigenvalue weighted by Crippen LogP contribution is -2.55. The minimum atomic E-state index is -4.02. The van der Waals surface area contributed by atoms with E-state index in [1.165, 1.54) is 12.1 Å². The number of nitrogens with two attached hydrogens (primary N) is 1. The van der Waals surface area contributed by atoms with Gasteiger partial charge in [-0.1, -0.05) is 29.8 Å². The molecule has 1 aliphatic rings. The van der Waals surface area contributed by atoms with Gasteiger partial charge in [0.15, 0.2) is 0 Å². The molecule has 0 saturated carbocycles. The van der Waals surface area contributed by atoms with E-state index in [1.54, 1.807) is 42.5 Å². The molecule has 5 N–H and O–H groups in total. The van der Waals surface area contributed by atoms with E-state index in [-0.39, 0.29) is 17.2 Å². The number of nitrogens with one attached hydrogen (secondary N) is 3. The van der Waals surface area contributed by atoms with Gasteiger partial charge in [0.05, 0.1) is 10.4 Å². The zero-order chi connectivity index (χ0) is 22.2. The monoisotopic (exact) mass is 457 g/mol. The predicted octanol–water partition coefficient (Wildman–Crippen LogP) is 1.95. The molecule has 31 heavy (non-hydrogen) atoms. The van der Waals surface area contributed by atoms with Crippen LogP contribution in [-0.4, -0.2) is 37.2 Å². The van der Waals surface area contributed by atoms with Crippen LogP contribution in [0.15, 0.2) is 59.5 Å². The van der Waals surface area contributed by atoms with E-state index in [9.17, 15) is 13.2 Å². The Morgan fingerprint density at radius 2 is 2.03 bits per heavy atom. The third-order valence-electron chi connectivity index (χ3n) is 5.28. The minimum Gasteiger partial charge on any atom is -0.384 e. The van der Waals surface area contributed by atoms with Crippen molar-refractivity contribution in [2.75, 3.05) is 6.54 Å². The molecule has 0 radical (unpaired) electrons. The van der Waals surface area contributed by atoms with Crippen LogP contribution in [0.2, 0.25) is 5.15 Å². The maximum atomic E-state index is 13.2. The fraction of sp³-hybridized carbons (Fsp3) is 0.190. The van der Waals surface area contributed by atoms with Crippen molar-refractivity contribution in [3.05, 3.63) is 70.9 Å². The van der Waals surface area contributed by atoms with Gasteiger partial charge < -0.3 is 11.1 Å². The van der Waals surface area contributed by atoms with E-state index < -0.39 is 21.5 Å². The van der Waals surface area contributed by atoms with Gasteiger partial charge in [-0.15, -0.1) is 0 Å². The molecule has 0 aliphatic carbocycles. The average Bonchev–Trinajstić information content (AvgIpc) is 3.06. The number of benzene rings is 2. The van der Waals surface area contributed by atoms with Gasteiger partial charge in [-0.05, 0) is 48.4 Å². The van der Waals surface area contributed by atoms with Crippen LogP contribution in [0.5, 0.6) is 0 Å². The van der Waals surface area contributed by atoms with Gasteiger partial charge in [0.1, 0.15) is 16.5 Å². The third-order valence-corrected chi connectivity index (χ3v) is 7.03. The second-order valence-corrected chi connectivity index (χ2v) is 9.54. The average molecular weight is 458 g/mol. The summed E-state index contributed by atoms with van der Waals surface area (Å²) in [6.07, 6.45) is 0.421. The zero-order valence-electron chi connectivity index (χ0n) is 16.4. The maximum absolute atomic E-state index is 13.2. The fourth-order valence-corrected chi connectivity index (χ4v) is 5.32. The van der Waals surface area contributed by atoms with Crippen LogP contribution in [0.1, 0.15) is 17.5 Å². The number of sulfonamides is 1. The molecule has 1 fully saturated rings. The standard InChI is InChI=1S/C21H20ClN5O3S/c22-18-7-4-14-11-16(5-6-17(14)26-18)31(29,30)27-21(8-9-25-20(21)28)12-13-2-1-3-15(10-13)19(23)24/h1-7,10-11,27H,8-9,12H2,(H3,23,24)(H,25,28)/t21-/m1/s1. The maximum Gasteiger partial charge on any atom is 0.241 e. The molecule has 0 unspecified atom stereocenters. The highest BCUT2D eigenvalue weighted by molar-refractivity contribution is 7.89. The van der Waals surface area contributed by atoms with Gasteiger partial charge in [-0.25, -0.2) is 13.4 Å². The lowest BCUT2D eigenvalue weighted by molar-refractivity contribution is -0.124. The highest BCUT2D eigenvalue weighted by atomic mass is 35.5. The molecule has 0 bridgehead atoms. The summed E-state index contributed by atoms with van der Waals surface area (Å²) in [7, 11) is -4.02. The highest BCUT2D eigenvalue weighted by Gasteiger charge is 2.45. The van der Waals surface area contributed by atoms with Crippen molar-refractivity contribution in [2.45, 2.75) is 23.3 Å². The van der Waals surface area contributed by atoms with Crippen LogP contribution in [0.3, 0.4) is 0 Å². The van der Waals surface area contributed by atoms with E-state index in [4.69, 9.17) is 22.7 Å². The summed E-state index contributed by atoms with van der Waals surface area (Å²) in [6.45, 7) is 0.355. The highest BCUT2D eigenvalue weighted by Crippen LogP contribution is 2.27. The van der Waals surface area contributed by atoms with Crippen molar-refractivity contribution in [3.63, 3.8) is 0 Å². The fourth-order valence-electron chi connectivity index (χ4n) is 3.73. The molecule has 3 aromatic rings. The number of nitrogens with zero attached hydrogens (tertiary/aromatic N) is 1. The van der Waals surface area contributed by atoms with Crippen LogP contribution in [0.25, 0.3) is 10.9 Å². The Bertz CT molecular complexity index is 1310. The summed E-state index contributed by atoms with van der Waals surface area (Å²) >= 11 is 5.90. The van der Waals surface area contributed by atoms with Gasteiger partial charge in [-0.3, -0.25) is 10.2 Å². The van der Waals surface area contributed by atoms with Crippen LogP contribution in [0.4, 0.5) is 0 Å². The van der Waals surface area contributed by atoms with Crippen LogP contribution in [0, 0.1) is 5.41 Å². The number of fused-ring (bicyclic) bond motifs is 1. The molecular weight excluding hydrogens is 438 g/mol. The molecule has 1 amide bonds. The number of carbonyl (C=O) groups excluding carboxylic acids is 1. The third kappa shape index (κ3) is 4.25. The first-order chi connectivity index (χ1) is 14.7. The number of amidine groups is 1. The minimum absolute atomic E-state index is 0.0284. The predicted molar refractivity (Wildman–Crippen MR) is 119 cm³/mol. The largest absolute Gasteiger partial charge is 0.384 e. The normalized spacial score (nSPS) is 18.8. The Morgan fingerprint density at radius 3 is 2.74 bits per heavy atom. The van der Waals surface area contributed by atoms with Crippen molar-refractivity contribution >= 4 is 44.3 Å². The van der Waals surface area contributed by atoms with Gasteiger partial charge >= 0.3 is 0 Å². The van der Waals surface area contributed by atoms with Crippen molar-refractivity contribution in [3.8, 4) is 0 Å². The lowest BCUT2D eigenvalue weighted by atomic mass is 9.89. The van der Waals surface area contributed by atoms with E-state index in [1.807, 2.05) is 0 Å². The van der Waals surface area contributed by atoms with Gasteiger partial charge in [-0.2, -0.15) is 4.72 Å². The summed E-state index contributed by atoms with van der Waals surface area (Å²) < 4.78 is 29.1. The molecular formula is C21H20ClN5O3S. The number of pyridine rings is 1. The van der Waals surface area contributed by atoms with Crippen LogP contribution < -0.4 is 15.8 Å². The number of amides is 1.